The Kier molecular flexibility index (Phi) is 2.67. The molecule has 1 saturated carbocycles. The van der Waals surface area contributed by atoms with Crippen LogP contribution in [0.5, 0.6) is 0 Å². The normalized spacial score (nSPS) is 27.5. The molecule has 0 aromatic heterocycles. The highest BCUT2D eigenvalue weighted by atomic mass is 16.3. The van der Waals surface area contributed by atoms with E-state index < -0.39 is 6.10 Å². The molecule has 0 radical (unpaired) electrons. The van der Waals surface area contributed by atoms with Crippen molar-refractivity contribution in [2.75, 3.05) is 0 Å². The molecular formula is C14H15NO3. The molecule has 18 heavy (non-hydrogen) atoms. The molecular weight excluding hydrogens is 230 g/mol. The number of aliphatic hydroxyl groups excluding tert-OH is 1. The summed E-state index contributed by atoms with van der Waals surface area (Å²) in [6.07, 6.45) is 2.70. The average Bonchev–Trinajstić information content (AvgIpc) is 2.64. The number of amides is 2. The van der Waals surface area contributed by atoms with Gasteiger partial charge >= 0.3 is 0 Å². The monoisotopic (exact) mass is 245 g/mol. The van der Waals surface area contributed by atoms with Crippen molar-refractivity contribution in [2.24, 2.45) is 0 Å². The summed E-state index contributed by atoms with van der Waals surface area (Å²) >= 11 is 0. The number of benzene rings is 1. The van der Waals surface area contributed by atoms with Crippen molar-refractivity contribution >= 4 is 11.8 Å². The van der Waals surface area contributed by atoms with Gasteiger partial charge in [-0.25, -0.2) is 0 Å². The van der Waals surface area contributed by atoms with Crippen molar-refractivity contribution in [1.82, 2.24) is 4.90 Å². The first-order chi connectivity index (χ1) is 8.70. The maximum atomic E-state index is 12.2. The Morgan fingerprint density at radius 1 is 1.00 bits per heavy atom. The van der Waals surface area contributed by atoms with Gasteiger partial charge in [-0.15, -0.1) is 0 Å². The molecule has 2 aliphatic rings. The Morgan fingerprint density at radius 2 is 1.56 bits per heavy atom. The van der Waals surface area contributed by atoms with E-state index in [1.807, 2.05) is 0 Å². The van der Waals surface area contributed by atoms with Crippen molar-refractivity contribution in [3.63, 3.8) is 0 Å². The summed E-state index contributed by atoms with van der Waals surface area (Å²) in [5.41, 5.74) is 0.917. The van der Waals surface area contributed by atoms with Crippen molar-refractivity contribution < 1.29 is 14.7 Å². The summed E-state index contributed by atoms with van der Waals surface area (Å²) in [5.74, 6) is -0.525. The fourth-order valence-corrected chi connectivity index (χ4v) is 2.90. The second kappa shape index (κ2) is 4.21. The number of hydrogen-bond acceptors (Lipinski definition) is 3. The van der Waals surface area contributed by atoms with E-state index in [9.17, 15) is 14.7 Å². The number of hydrogen-bond donors (Lipinski definition) is 1. The first-order valence-electron chi connectivity index (χ1n) is 6.35. The van der Waals surface area contributed by atoms with E-state index >= 15 is 0 Å². The minimum atomic E-state index is -0.582. The Labute approximate surface area is 105 Å². The lowest BCUT2D eigenvalue weighted by Crippen LogP contribution is -2.48. The van der Waals surface area contributed by atoms with Crippen LogP contribution in [0.3, 0.4) is 0 Å². The average molecular weight is 245 g/mol. The van der Waals surface area contributed by atoms with Gasteiger partial charge in [0.1, 0.15) is 0 Å². The van der Waals surface area contributed by atoms with Gasteiger partial charge in [0.05, 0.1) is 23.3 Å². The molecule has 94 valence electrons. The molecule has 1 fully saturated rings. The first-order valence-corrected chi connectivity index (χ1v) is 6.35. The highest BCUT2D eigenvalue weighted by molar-refractivity contribution is 6.21. The van der Waals surface area contributed by atoms with Crippen LogP contribution in [0, 0.1) is 0 Å². The van der Waals surface area contributed by atoms with Crippen molar-refractivity contribution in [3.05, 3.63) is 35.4 Å². The molecule has 4 heteroatoms. The standard InChI is InChI=1S/C14H15NO3/c16-12-8-4-3-7-11(12)15-13(17)9-5-1-2-6-10(9)14(15)18/h1-2,5-6,11-12,16H,3-4,7-8H2. The lowest BCUT2D eigenvalue weighted by Gasteiger charge is -2.33. The van der Waals surface area contributed by atoms with E-state index in [1.54, 1.807) is 24.3 Å². The highest BCUT2D eigenvalue weighted by Crippen LogP contribution is 2.30. The molecule has 0 spiro atoms. The molecule has 2 atom stereocenters. The molecule has 0 saturated heterocycles. The van der Waals surface area contributed by atoms with Gasteiger partial charge < -0.3 is 5.11 Å². The van der Waals surface area contributed by atoms with E-state index in [4.69, 9.17) is 0 Å². The quantitative estimate of drug-likeness (QED) is 0.764. The Balaban J connectivity index is 1.96. The van der Waals surface area contributed by atoms with Gasteiger partial charge in [0, 0.05) is 0 Å². The lowest BCUT2D eigenvalue weighted by molar-refractivity contribution is 0.0203. The highest BCUT2D eigenvalue weighted by Gasteiger charge is 2.42. The molecule has 1 aromatic rings. The fourth-order valence-electron chi connectivity index (χ4n) is 2.90. The molecule has 1 aliphatic heterocycles. The summed E-state index contributed by atoms with van der Waals surface area (Å²) in [7, 11) is 0. The third kappa shape index (κ3) is 1.56. The van der Waals surface area contributed by atoms with E-state index in [0.29, 0.717) is 24.0 Å². The van der Waals surface area contributed by atoms with Crippen molar-refractivity contribution in [3.8, 4) is 0 Å². The number of nitrogens with zero attached hydrogens (tertiary/aromatic N) is 1. The summed E-state index contributed by atoms with van der Waals surface area (Å²) in [5, 5.41) is 10.00. The molecule has 1 aliphatic carbocycles. The molecule has 3 rings (SSSR count). The van der Waals surface area contributed by atoms with Crippen LogP contribution >= 0.6 is 0 Å². The smallest absolute Gasteiger partial charge is 0.261 e. The van der Waals surface area contributed by atoms with Crippen LogP contribution in [0.25, 0.3) is 0 Å². The lowest BCUT2D eigenvalue weighted by atomic mass is 9.91. The summed E-state index contributed by atoms with van der Waals surface area (Å²) < 4.78 is 0. The van der Waals surface area contributed by atoms with E-state index in [1.165, 1.54) is 4.90 Å². The van der Waals surface area contributed by atoms with Gasteiger partial charge in [-0.3, -0.25) is 14.5 Å². The van der Waals surface area contributed by atoms with E-state index in [-0.39, 0.29) is 17.9 Å². The van der Waals surface area contributed by atoms with Gasteiger partial charge in [0.15, 0.2) is 0 Å². The second-order valence-corrected chi connectivity index (χ2v) is 4.95. The Bertz CT molecular complexity index is 477. The number of aliphatic hydroxyl groups is 1. The van der Waals surface area contributed by atoms with Gasteiger partial charge in [-0.1, -0.05) is 25.0 Å². The van der Waals surface area contributed by atoms with Crippen LogP contribution in [0.4, 0.5) is 0 Å². The molecule has 1 heterocycles. The Hall–Kier alpha value is -1.68. The summed E-state index contributed by atoms with van der Waals surface area (Å²) in [6, 6.07) is 6.50. The van der Waals surface area contributed by atoms with Gasteiger partial charge in [-0.05, 0) is 25.0 Å². The van der Waals surface area contributed by atoms with Crippen LogP contribution < -0.4 is 0 Å². The Morgan fingerprint density at radius 3 is 2.11 bits per heavy atom. The van der Waals surface area contributed by atoms with Crippen molar-refractivity contribution in [1.29, 1.82) is 0 Å². The molecule has 0 bridgehead atoms. The molecule has 1 aromatic carbocycles. The molecule has 1 N–H and O–H groups in total. The fraction of sp³-hybridized carbons (Fsp3) is 0.429. The first kappa shape index (κ1) is 11.4. The number of carbonyl (C=O) groups excluding carboxylic acids is 2. The number of fused-ring (bicyclic) bond motifs is 1. The third-order valence-electron chi connectivity index (χ3n) is 3.85. The maximum Gasteiger partial charge on any atom is 0.261 e. The van der Waals surface area contributed by atoms with Crippen molar-refractivity contribution in [2.45, 2.75) is 37.8 Å². The zero-order chi connectivity index (χ0) is 12.7. The third-order valence-corrected chi connectivity index (χ3v) is 3.85. The van der Waals surface area contributed by atoms with Crippen LogP contribution in [0.2, 0.25) is 0 Å². The second-order valence-electron chi connectivity index (χ2n) is 4.95. The molecule has 2 unspecified atom stereocenters. The largest absolute Gasteiger partial charge is 0.391 e. The van der Waals surface area contributed by atoms with Crippen LogP contribution in [-0.2, 0) is 0 Å². The maximum absolute atomic E-state index is 12.2. The van der Waals surface area contributed by atoms with E-state index in [0.717, 1.165) is 12.8 Å². The van der Waals surface area contributed by atoms with Gasteiger partial charge in [0.25, 0.3) is 11.8 Å². The number of rotatable bonds is 1. The SMILES string of the molecule is O=C1c2ccccc2C(=O)N1C1CCCCC1O. The zero-order valence-corrected chi connectivity index (χ0v) is 10.0. The van der Waals surface area contributed by atoms with Crippen LogP contribution in [0.15, 0.2) is 24.3 Å². The van der Waals surface area contributed by atoms with Gasteiger partial charge in [0.2, 0.25) is 0 Å². The predicted molar refractivity (Wildman–Crippen MR) is 65.2 cm³/mol. The molecule has 4 nitrogen and oxygen atoms in total. The molecule has 2 amide bonds. The van der Waals surface area contributed by atoms with Gasteiger partial charge in [-0.2, -0.15) is 0 Å². The summed E-state index contributed by atoms with van der Waals surface area (Å²) in [6.45, 7) is 0. The van der Waals surface area contributed by atoms with E-state index in [2.05, 4.69) is 0 Å². The zero-order valence-electron chi connectivity index (χ0n) is 10.0. The topological polar surface area (TPSA) is 57.6 Å². The number of carbonyl (C=O) groups is 2. The summed E-state index contributed by atoms with van der Waals surface area (Å²) in [4.78, 5) is 25.8. The van der Waals surface area contributed by atoms with Crippen LogP contribution in [0.1, 0.15) is 46.4 Å². The minimum Gasteiger partial charge on any atom is -0.391 e. The minimum absolute atomic E-state index is 0.262. The number of imide groups is 1. The predicted octanol–water partition coefficient (Wildman–Crippen LogP) is 1.59. The van der Waals surface area contributed by atoms with Crippen LogP contribution in [-0.4, -0.2) is 34.0 Å².